The van der Waals surface area contributed by atoms with Crippen molar-refractivity contribution in [3.8, 4) is 0 Å². The molecule has 2 unspecified atom stereocenters. The van der Waals surface area contributed by atoms with Gasteiger partial charge in [-0.2, -0.15) is 0 Å². The van der Waals surface area contributed by atoms with Crippen LogP contribution in [0.2, 0.25) is 0 Å². The van der Waals surface area contributed by atoms with Crippen molar-refractivity contribution in [2.24, 2.45) is 15.5 Å². The van der Waals surface area contributed by atoms with Gasteiger partial charge in [0.15, 0.2) is 29.6 Å². The number of rotatable bonds is 7. The Morgan fingerprint density at radius 2 is 1.20 bits per heavy atom. The summed E-state index contributed by atoms with van der Waals surface area (Å²) in [4.78, 5) is 42.0. The van der Waals surface area contributed by atoms with E-state index in [1.807, 2.05) is 0 Å². The summed E-state index contributed by atoms with van der Waals surface area (Å²) in [6.45, 7) is 5.82. The van der Waals surface area contributed by atoms with Crippen LogP contribution < -0.4 is 0 Å². The highest BCUT2D eigenvalue weighted by Crippen LogP contribution is 2.32. The van der Waals surface area contributed by atoms with E-state index < -0.39 is 52.9 Å². The molecule has 0 aliphatic carbocycles. The maximum Gasteiger partial charge on any atom is 0.210 e. The third-order valence-electron chi connectivity index (χ3n) is 6.41. The molecule has 1 N–H and O–H groups in total. The number of benzene rings is 3. The minimum absolute atomic E-state index is 0.0671. The Morgan fingerprint density at radius 3 is 1.48 bits per heavy atom. The maximum absolute atomic E-state index is 13.4. The fraction of sp³-hybridized carbons (Fsp3) is 0.212. The molecule has 2 heterocycles. The zero-order chi connectivity index (χ0) is 37.5. The molecular formula is C33H27BrClF6N3O6. The van der Waals surface area contributed by atoms with E-state index in [1.165, 1.54) is 44.2 Å². The van der Waals surface area contributed by atoms with E-state index in [2.05, 4.69) is 38.0 Å². The molecule has 3 aromatic rings. The van der Waals surface area contributed by atoms with E-state index in [1.54, 1.807) is 0 Å². The molecule has 2 aliphatic heterocycles. The van der Waals surface area contributed by atoms with E-state index in [9.17, 15) is 40.7 Å². The van der Waals surface area contributed by atoms with Crippen molar-refractivity contribution in [2.75, 3.05) is 5.33 Å². The molecule has 0 bridgehead atoms. The molecule has 0 radical (unpaired) electrons. The molecular weight excluding hydrogens is 764 g/mol. The van der Waals surface area contributed by atoms with Crippen LogP contribution in [0.25, 0.3) is 6.08 Å². The lowest BCUT2D eigenvalue weighted by Gasteiger charge is -2.10. The van der Waals surface area contributed by atoms with Crippen LogP contribution in [0.15, 0.2) is 76.6 Å². The predicted molar refractivity (Wildman–Crippen MR) is 176 cm³/mol. The lowest BCUT2D eigenvalue weighted by molar-refractivity contribution is -0.111. The Morgan fingerprint density at radius 1 is 0.820 bits per heavy atom. The average Bonchev–Trinajstić information content (AvgIpc) is 3.76. The minimum Gasteiger partial charge on any atom is -0.410 e. The van der Waals surface area contributed by atoms with Gasteiger partial charge in [0.05, 0.1) is 16.5 Å². The molecule has 0 spiro atoms. The number of hydrogen-bond donors (Lipinski definition) is 1. The van der Waals surface area contributed by atoms with Gasteiger partial charge in [-0.1, -0.05) is 73.9 Å². The molecule has 266 valence electrons. The monoisotopic (exact) mass is 789 g/mol. The summed E-state index contributed by atoms with van der Waals surface area (Å²) in [7, 11) is 0. The van der Waals surface area contributed by atoms with Crippen LogP contribution in [0.5, 0.6) is 0 Å². The molecule has 3 aromatic carbocycles. The number of ketones is 3. The normalized spacial score (nSPS) is 16.0. The lowest BCUT2D eigenvalue weighted by Crippen LogP contribution is -2.14. The number of nitrogens with zero attached hydrogens (tertiary/aromatic N) is 3. The average molecular weight is 791 g/mol. The van der Waals surface area contributed by atoms with Crippen LogP contribution in [0.3, 0.4) is 0 Å². The van der Waals surface area contributed by atoms with Gasteiger partial charge in [0.25, 0.3) is 0 Å². The second kappa shape index (κ2) is 20.0. The maximum atomic E-state index is 13.4. The third kappa shape index (κ3) is 11.7. The second-order valence-corrected chi connectivity index (χ2v) is 10.8. The van der Waals surface area contributed by atoms with Crippen molar-refractivity contribution < 1.29 is 55.6 Å². The summed E-state index contributed by atoms with van der Waals surface area (Å²) in [5, 5.41) is 16.9. The van der Waals surface area contributed by atoms with Gasteiger partial charge in [0.1, 0.15) is 46.3 Å². The Hall–Kier alpha value is -4.83. The highest BCUT2D eigenvalue weighted by Gasteiger charge is 2.31. The van der Waals surface area contributed by atoms with Gasteiger partial charge < -0.3 is 14.9 Å². The van der Waals surface area contributed by atoms with Crippen LogP contribution >= 0.6 is 27.5 Å². The van der Waals surface area contributed by atoms with Crippen molar-refractivity contribution in [2.45, 2.75) is 38.9 Å². The molecule has 5 rings (SSSR count). The quantitative estimate of drug-likeness (QED) is 0.0844. The molecule has 9 nitrogen and oxygen atoms in total. The third-order valence-corrected chi connectivity index (χ3v) is 7.26. The van der Waals surface area contributed by atoms with Crippen molar-refractivity contribution in [1.29, 1.82) is 0 Å². The van der Waals surface area contributed by atoms with Crippen molar-refractivity contribution in [3.05, 3.63) is 113 Å². The molecule has 0 saturated carbocycles. The standard InChI is InChI=1S/C11H8BrF2NO2.C11H9F2NO2.C8H6F2.C3H4ClNO2/c12-5-9(16)8-4-10(17-15-8)11-6(13)2-1-3-7(11)14;1-6(15)9-5-10(16-14-9)11-7(12)3-2-4-8(11)13;1-2-6-7(9)4-3-5-8(6)10;1-2(6)3(4)5-7/h1-3,10H,4-5H2;2-4,10H,5H2,1H3;2-5H,1H2;7H,1H3/b;;;5-3-. The summed E-state index contributed by atoms with van der Waals surface area (Å²) in [6, 6.07) is 10.8. The number of carbonyl (C=O) groups excluding carboxylic acids is 3. The molecule has 0 fully saturated rings. The first-order chi connectivity index (χ1) is 23.7. The van der Waals surface area contributed by atoms with E-state index in [4.69, 9.17) is 26.5 Å². The van der Waals surface area contributed by atoms with Gasteiger partial charge in [-0.25, -0.2) is 26.3 Å². The van der Waals surface area contributed by atoms with Gasteiger partial charge in [-0.05, 0) is 36.4 Å². The summed E-state index contributed by atoms with van der Waals surface area (Å²) in [5.41, 5.74) is -0.0409. The summed E-state index contributed by atoms with van der Waals surface area (Å²) in [6.07, 6.45) is -0.366. The van der Waals surface area contributed by atoms with E-state index in [0.717, 1.165) is 30.3 Å². The molecule has 0 saturated heterocycles. The Balaban J connectivity index is 0.000000244. The number of hydrogen-bond acceptors (Lipinski definition) is 9. The van der Waals surface area contributed by atoms with E-state index in [-0.39, 0.29) is 63.0 Å². The van der Waals surface area contributed by atoms with Gasteiger partial charge in [-0.15, -0.1) is 0 Å². The van der Waals surface area contributed by atoms with E-state index in [0.29, 0.717) is 0 Å². The number of alkyl halides is 1. The highest BCUT2D eigenvalue weighted by atomic mass is 79.9. The lowest BCUT2D eigenvalue weighted by atomic mass is 10.0. The Bertz CT molecular complexity index is 1760. The smallest absolute Gasteiger partial charge is 0.210 e. The molecule has 0 aromatic heterocycles. The largest absolute Gasteiger partial charge is 0.410 e. The fourth-order valence-corrected chi connectivity index (χ4v) is 4.25. The van der Waals surface area contributed by atoms with Crippen molar-refractivity contribution in [1.82, 2.24) is 0 Å². The number of halogens is 8. The second-order valence-electron chi connectivity index (χ2n) is 9.84. The topological polar surface area (TPSA) is 127 Å². The number of carbonyl (C=O) groups is 3. The highest BCUT2D eigenvalue weighted by molar-refractivity contribution is 9.09. The fourth-order valence-electron chi connectivity index (χ4n) is 3.93. The van der Waals surface area contributed by atoms with Gasteiger partial charge >= 0.3 is 0 Å². The zero-order valence-corrected chi connectivity index (χ0v) is 28.5. The SMILES string of the molecule is C=Cc1c(F)cccc1F.CC(=O)/C(Cl)=N/O.CC(=O)C1=NOC(c2c(F)cccc2F)C1.O=C(CBr)C1=NOC(c2c(F)cccc2F)C1. The Kier molecular flexibility index (Phi) is 16.5. The summed E-state index contributed by atoms with van der Waals surface area (Å²) >= 11 is 7.95. The van der Waals surface area contributed by atoms with Gasteiger partial charge in [0, 0.05) is 32.3 Å². The molecule has 50 heavy (non-hydrogen) atoms. The first-order valence-corrected chi connectivity index (χ1v) is 15.5. The summed E-state index contributed by atoms with van der Waals surface area (Å²) < 4.78 is 78.7. The predicted octanol–water partition coefficient (Wildman–Crippen LogP) is 8.33. The van der Waals surface area contributed by atoms with Crippen molar-refractivity contribution >= 4 is 67.6 Å². The summed E-state index contributed by atoms with van der Waals surface area (Å²) in [5.74, 6) is -4.86. The molecule has 2 aliphatic rings. The van der Waals surface area contributed by atoms with E-state index >= 15 is 0 Å². The van der Waals surface area contributed by atoms with Gasteiger partial charge in [0.2, 0.25) is 5.17 Å². The molecule has 2 atom stereocenters. The minimum atomic E-state index is -0.866. The zero-order valence-electron chi connectivity index (χ0n) is 26.1. The van der Waals surface area contributed by atoms with Gasteiger partial charge in [-0.3, -0.25) is 14.4 Å². The van der Waals surface area contributed by atoms with Crippen LogP contribution in [0, 0.1) is 34.9 Å². The first kappa shape index (κ1) is 41.3. The first-order valence-electron chi connectivity index (χ1n) is 14.0. The van der Waals surface area contributed by atoms with Crippen LogP contribution in [0.1, 0.15) is 55.6 Å². The van der Waals surface area contributed by atoms with Crippen LogP contribution in [0.4, 0.5) is 26.3 Å². The number of oxime groups is 3. The van der Waals surface area contributed by atoms with Crippen LogP contribution in [-0.2, 0) is 24.1 Å². The Labute approximate surface area is 295 Å². The molecule has 17 heteroatoms. The molecule has 0 amide bonds. The number of Topliss-reactive ketones (excluding diaryl/α,β-unsaturated/α-hetero) is 3. The van der Waals surface area contributed by atoms with Crippen molar-refractivity contribution in [3.63, 3.8) is 0 Å². The van der Waals surface area contributed by atoms with Crippen LogP contribution in [-0.4, -0.2) is 44.5 Å².